The summed E-state index contributed by atoms with van der Waals surface area (Å²) in [6.07, 6.45) is -0.898. The number of hydrogen-bond acceptors (Lipinski definition) is 2. The zero-order valence-corrected chi connectivity index (χ0v) is 12.1. The molecule has 0 aliphatic heterocycles. The maximum Gasteiger partial charge on any atom is 0.125 e. The molecule has 20 heavy (non-hydrogen) atoms. The van der Waals surface area contributed by atoms with E-state index in [1.165, 1.54) is 12.1 Å². The minimum Gasteiger partial charge on any atom is -0.491 e. The van der Waals surface area contributed by atoms with Crippen molar-refractivity contribution in [2.45, 2.75) is 26.1 Å². The van der Waals surface area contributed by atoms with Gasteiger partial charge in [0.05, 0.1) is 6.10 Å². The van der Waals surface area contributed by atoms with Crippen molar-refractivity contribution in [1.82, 2.24) is 0 Å². The lowest BCUT2D eigenvalue weighted by Gasteiger charge is -2.15. The fourth-order valence-corrected chi connectivity index (χ4v) is 2.19. The Bertz CT molecular complexity index is 579. The number of ether oxygens (including phenoxy) is 1. The van der Waals surface area contributed by atoms with E-state index in [9.17, 15) is 9.50 Å². The molecule has 106 valence electrons. The van der Waals surface area contributed by atoms with Crippen molar-refractivity contribution in [2.24, 2.45) is 0 Å². The van der Waals surface area contributed by atoms with Gasteiger partial charge in [0.25, 0.3) is 0 Å². The van der Waals surface area contributed by atoms with Crippen LogP contribution in [0.15, 0.2) is 42.5 Å². The van der Waals surface area contributed by atoms with Crippen LogP contribution >= 0.6 is 11.6 Å². The van der Waals surface area contributed by atoms with Gasteiger partial charge in [0.15, 0.2) is 0 Å². The van der Waals surface area contributed by atoms with Crippen LogP contribution in [0.1, 0.15) is 31.1 Å². The molecule has 0 aliphatic rings. The minimum atomic E-state index is -0.945. The normalized spacial score (nSPS) is 12.5. The molecule has 0 amide bonds. The number of hydrogen-bond donors (Lipinski definition) is 1. The molecule has 1 atom stereocenters. The second-order valence-electron chi connectivity index (χ2n) is 4.84. The highest BCUT2D eigenvalue weighted by Crippen LogP contribution is 2.27. The van der Waals surface area contributed by atoms with Gasteiger partial charge in [-0.2, -0.15) is 0 Å². The van der Waals surface area contributed by atoms with E-state index < -0.39 is 11.9 Å². The summed E-state index contributed by atoms with van der Waals surface area (Å²) < 4.78 is 18.9. The van der Waals surface area contributed by atoms with Crippen molar-refractivity contribution in [3.05, 3.63) is 64.4 Å². The molecular weight excluding hydrogens is 279 g/mol. The van der Waals surface area contributed by atoms with Crippen LogP contribution in [0.4, 0.5) is 4.39 Å². The lowest BCUT2D eigenvalue weighted by Crippen LogP contribution is -2.06. The Morgan fingerprint density at radius 3 is 2.50 bits per heavy atom. The molecule has 0 saturated carbocycles. The second-order valence-corrected chi connectivity index (χ2v) is 5.28. The van der Waals surface area contributed by atoms with E-state index in [1.807, 2.05) is 19.9 Å². The summed E-state index contributed by atoms with van der Waals surface area (Å²) in [5, 5.41) is 10.6. The molecule has 0 fully saturated rings. The summed E-state index contributed by atoms with van der Waals surface area (Å²) in [6, 6.07) is 11.1. The molecule has 2 aromatic rings. The summed E-state index contributed by atoms with van der Waals surface area (Å²) in [6.45, 7) is 3.85. The lowest BCUT2D eigenvalue weighted by atomic mass is 10.0. The standard InChI is InChI=1S/C16H16ClFO2/c1-10(2)20-15-5-3-4-11(8-15)16(19)12-6-13(17)9-14(18)7-12/h3-10,16,19H,1-2H3. The molecule has 2 aromatic carbocycles. The lowest BCUT2D eigenvalue weighted by molar-refractivity contribution is 0.216. The first-order valence-corrected chi connectivity index (χ1v) is 6.74. The van der Waals surface area contributed by atoms with Crippen molar-refractivity contribution >= 4 is 11.6 Å². The smallest absolute Gasteiger partial charge is 0.125 e. The van der Waals surface area contributed by atoms with E-state index in [2.05, 4.69) is 0 Å². The molecule has 0 spiro atoms. The Labute approximate surface area is 122 Å². The fraction of sp³-hybridized carbons (Fsp3) is 0.250. The van der Waals surface area contributed by atoms with Gasteiger partial charge < -0.3 is 9.84 Å². The molecule has 1 unspecified atom stereocenters. The van der Waals surface area contributed by atoms with E-state index >= 15 is 0 Å². The SMILES string of the molecule is CC(C)Oc1cccc(C(O)c2cc(F)cc(Cl)c2)c1. The van der Waals surface area contributed by atoms with Crippen LogP contribution < -0.4 is 4.74 Å². The van der Waals surface area contributed by atoms with Gasteiger partial charge in [-0.1, -0.05) is 23.7 Å². The Morgan fingerprint density at radius 1 is 1.10 bits per heavy atom. The number of rotatable bonds is 4. The molecule has 0 aromatic heterocycles. The summed E-state index contributed by atoms with van der Waals surface area (Å²) in [5.41, 5.74) is 1.04. The molecular formula is C16H16ClFO2. The third-order valence-corrected chi connectivity index (χ3v) is 2.96. The van der Waals surface area contributed by atoms with E-state index in [1.54, 1.807) is 24.3 Å². The van der Waals surface area contributed by atoms with Gasteiger partial charge in [-0.25, -0.2) is 4.39 Å². The van der Waals surface area contributed by atoms with Gasteiger partial charge >= 0.3 is 0 Å². The maximum atomic E-state index is 13.3. The van der Waals surface area contributed by atoms with Crippen molar-refractivity contribution in [3.63, 3.8) is 0 Å². The van der Waals surface area contributed by atoms with Gasteiger partial charge in [0.1, 0.15) is 17.7 Å². The van der Waals surface area contributed by atoms with E-state index in [0.717, 1.165) is 0 Å². The van der Waals surface area contributed by atoms with Crippen LogP contribution in [0.5, 0.6) is 5.75 Å². The number of aliphatic hydroxyl groups excluding tert-OH is 1. The average molecular weight is 295 g/mol. The summed E-state index contributed by atoms with van der Waals surface area (Å²) in [5.74, 6) is 0.195. The van der Waals surface area contributed by atoms with Gasteiger partial charge in [0, 0.05) is 5.02 Å². The first-order chi connectivity index (χ1) is 9.45. The highest BCUT2D eigenvalue weighted by molar-refractivity contribution is 6.30. The highest BCUT2D eigenvalue weighted by Gasteiger charge is 2.13. The molecule has 0 radical (unpaired) electrons. The van der Waals surface area contributed by atoms with Crippen molar-refractivity contribution in [1.29, 1.82) is 0 Å². The average Bonchev–Trinajstić information content (AvgIpc) is 2.36. The highest BCUT2D eigenvalue weighted by atomic mass is 35.5. The fourth-order valence-electron chi connectivity index (χ4n) is 1.96. The van der Waals surface area contributed by atoms with Gasteiger partial charge in [-0.15, -0.1) is 0 Å². The molecule has 2 nitrogen and oxygen atoms in total. The minimum absolute atomic E-state index is 0.0472. The van der Waals surface area contributed by atoms with Crippen molar-refractivity contribution in [3.8, 4) is 5.75 Å². The quantitative estimate of drug-likeness (QED) is 0.908. The Kier molecular flexibility index (Phi) is 4.63. The summed E-state index contributed by atoms with van der Waals surface area (Å²) in [7, 11) is 0. The summed E-state index contributed by atoms with van der Waals surface area (Å²) >= 11 is 5.81. The zero-order chi connectivity index (χ0) is 14.7. The van der Waals surface area contributed by atoms with Crippen molar-refractivity contribution < 1.29 is 14.2 Å². The van der Waals surface area contributed by atoms with Crippen LogP contribution in [-0.4, -0.2) is 11.2 Å². The Morgan fingerprint density at radius 2 is 1.85 bits per heavy atom. The summed E-state index contributed by atoms with van der Waals surface area (Å²) in [4.78, 5) is 0. The topological polar surface area (TPSA) is 29.5 Å². The van der Waals surface area contributed by atoms with Gasteiger partial charge in [-0.3, -0.25) is 0 Å². The van der Waals surface area contributed by atoms with Crippen LogP contribution in [0.3, 0.4) is 0 Å². The van der Waals surface area contributed by atoms with Gasteiger partial charge in [-0.05, 0) is 55.3 Å². The van der Waals surface area contributed by atoms with E-state index in [0.29, 0.717) is 16.9 Å². The second kappa shape index (κ2) is 6.25. The first-order valence-electron chi connectivity index (χ1n) is 6.36. The Hall–Kier alpha value is -1.58. The molecule has 1 N–H and O–H groups in total. The predicted octanol–water partition coefficient (Wildman–Crippen LogP) is 4.35. The molecule has 0 heterocycles. The largest absolute Gasteiger partial charge is 0.491 e. The molecule has 0 saturated heterocycles. The van der Waals surface area contributed by atoms with E-state index in [-0.39, 0.29) is 11.1 Å². The third-order valence-electron chi connectivity index (χ3n) is 2.75. The zero-order valence-electron chi connectivity index (χ0n) is 11.3. The molecule has 0 bridgehead atoms. The number of benzene rings is 2. The van der Waals surface area contributed by atoms with Crippen molar-refractivity contribution in [2.75, 3.05) is 0 Å². The molecule has 2 rings (SSSR count). The van der Waals surface area contributed by atoms with Crippen LogP contribution in [0, 0.1) is 5.82 Å². The third kappa shape index (κ3) is 3.71. The van der Waals surface area contributed by atoms with E-state index in [4.69, 9.17) is 16.3 Å². The van der Waals surface area contributed by atoms with Crippen LogP contribution in [0.2, 0.25) is 5.02 Å². The number of aliphatic hydroxyl groups is 1. The number of halogens is 2. The van der Waals surface area contributed by atoms with Crippen LogP contribution in [-0.2, 0) is 0 Å². The maximum absolute atomic E-state index is 13.3. The molecule has 0 aliphatic carbocycles. The predicted molar refractivity (Wildman–Crippen MR) is 77.7 cm³/mol. The first kappa shape index (κ1) is 14.8. The Balaban J connectivity index is 2.30. The monoisotopic (exact) mass is 294 g/mol. The van der Waals surface area contributed by atoms with Gasteiger partial charge in [0.2, 0.25) is 0 Å². The molecule has 4 heteroatoms. The van der Waals surface area contributed by atoms with Crippen LogP contribution in [0.25, 0.3) is 0 Å².